The molecule has 4 heteroatoms. The van der Waals surface area contributed by atoms with Crippen molar-refractivity contribution in [1.29, 1.82) is 0 Å². The normalized spacial score (nSPS) is 20.1. The molecular formula is C14H13N3O. The van der Waals surface area contributed by atoms with Gasteiger partial charge < -0.3 is 10.3 Å². The number of hydrogen-bond acceptors (Lipinski definition) is 3. The van der Waals surface area contributed by atoms with Gasteiger partial charge in [-0.3, -0.25) is 4.79 Å². The Morgan fingerprint density at radius 1 is 1.22 bits per heavy atom. The van der Waals surface area contributed by atoms with Crippen LogP contribution in [0.15, 0.2) is 29.1 Å². The Bertz CT molecular complexity index is 690. The van der Waals surface area contributed by atoms with Crippen LogP contribution in [0, 0.1) is 0 Å². The summed E-state index contributed by atoms with van der Waals surface area (Å²) in [5.41, 5.74) is 4.39. The van der Waals surface area contributed by atoms with Gasteiger partial charge in [0.1, 0.15) is 5.82 Å². The summed E-state index contributed by atoms with van der Waals surface area (Å²) in [6.45, 7) is 1.35. The zero-order valence-electron chi connectivity index (χ0n) is 9.86. The number of aromatic nitrogens is 2. The Kier molecular flexibility index (Phi) is 1.96. The Balaban J connectivity index is 1.80. The third kappa shape index (κ3) is 1.29. The van der Waals surface area contributed by atoms with Crippen LogP contribution in [-0.4, -0.2) is 9.97 Å². The number of hydrogen-bond donors (Lipinski definition) is 2. The van der Waals surface area contributed by atoms with Gasteiger partial charge in [-0.1, -0.05) is 24.3 Å². The fraction of sp³-hybridized carbons (Fsp3) is 0.286. The number of nitrogens with one attached hydrogen (secondary N) is 2. The minimum atomic E-state index is 0.0179. The van der Waals surface area contributed by atoms with Gasteiger partial charge in [0, 0.05) is 19.0 Å². The fourth-order valence-electron chi connectivity index (χ4n) is 2.87. The lowest BCUT2D eigenvalue weighted by Crippen LogP contribution is -2.25. The smallest absolute Gasteiger partial charge is 0.255 e. The first-order chi connectivity index (χ1) is 8.83. The van der Waals surface area contributed by atoms with Crippen LogP contribution in [0.1, 0.15) is 34.1 Å². The summed E-state index contributed by atoms with van der Waals surface area (Å²) in [4.78, 5) is 19.5. The predicted molar refractivity (Wildman–Crippen MR) is 67.4 cm³/mol. The van der Waals surface area contributed by atoms with Crippen molar-refractivity contribution in [3.63, 3.8) is 0 Å². The first kappa shape index (κ1) is 10.0. The summed E-state index contributed by atoms with van der Waals surface area (Å²) in [5.74, 6) is 1.08. The van der Waals surface area contributed by atoms with Crippen molar-refractivity contribution < 1.29 is 0 Å². The van der Waals surface area contributed by atoms with E-state index in [1.165, 1.54) is 11.1 Å². The van der Waals surface area contributed by atoms with Crippen LogP contribution in [-0.2, 0) is 19.5 Å². The van der Waals surface area contributed by atoms with Crippen molar-refractivity contribution in [2.75, 3.05) is 0 Å². The summed E-state index contributed by atoms with van der Waals surface area (Å²) in [6.07, 6.45) is 0.978. The van der Waals surface area contributed by atoms with Crippen LogP contribution < -0.4 is 10.9 Å². The van der Waals surface area contributed by atoms with E-state index in [2.05, 4.69) is 33.5 Å². The van der Waals surface area contributed by atoms with Crippen LogP contribution in [0.5, 0.6) is 0 Å². The second kappa shape index (κ2) is 3.53. The summed E-state index contributed by atoms with van der Waals surface area (Å²) >= 11 is 0. The van der Waals surface area contributed by atoms with Crippen LogP contribution in [0.3, 0.4) is 0 Å². The summed E-state index contributed by atoms with van der Waals surface area (Å²) in [7, 11) is 0. The molecule has 1 aromatic heterocycles. The van der Waals surface area contributed by atoms with Crippen molar-refractivity contribution in [3.05, 3.63) is 62.8 Å². The minimum absolute atomic E-state index is 0.0179. The third-order valence-corrected chi connectivity index (χ3v) is 3.90. The summed E-state index contributed by atoms with van der Waals surface area (Å²) in [5, 5.41) is 3.17. The van der Waals surface area contributed by atoms with Gasteiger partial charge in [-0.2, -0.15) is 0 Å². The molecule has 1 aromatic carbocycles. The van der Waals surface area contributed by atoms with E-state index in [0.29, 0.717) is 13.1 Å². The average molecular weight is 239 g/mol. The average Bonchev–Trinajstić information content (AvgIpc) is 2.79. The fourth-order valence-corrected chi connectivity index (χ4v) is 2.87. The van der Waals surface area contributed by atoms with E-state index < -0.39 is 0 Å². The third-order valence-electron chi connectivity index (χ3n) is 3.90. The largest absolute Gasteiger partial charge is 0.310 e. The maximum atomic E-state index is 12.0. The first-order valence-electron chi connectivity index (χ1n) is 6.23. The van der Waals surface area contributed by atoms with Gasteiger partial charge in [-0.25, -0.2) is 4.98 Å². The van der Waals surface area contributed by atoms with Crippen molar-refractivity contribution in [2.24, 2.45) is 0 Å². The molecule has 1 atom stereocenters. The van der Waals surface area contributed by atoms with E-state index in [9.17, 15) is 4.79 Å². The molecule has 0 saturated heterocycles. The lowest BCUT2D eigenvalue weighted by Gasteiger charge is -2.29. The predicted octanol–water partition coefficient (Wildman–Crippen LogP) is 1.06. The number of H-pyrrole nitrogens is 1. The van der Waals surface area contributed by atoms with E-state index in [4.69, 9.17) is 0 Å². The van der Waals surface area contributed by atoms with Gasteiger partial charge in [0.05, 0.1) is 11.3 Å². The molecule has 2 aliphatic rings. The monoisotopic (exact) mass is 239 g/mol. The maximum Gasteiger partial charge on any atom is 0.255 e. The summed E-state index contributed by atoms with van der Waals surface area (Å²) < 4.78 is 0. The number of nitrogens with zero attached hydrogens (tertiary/aromatic N) is 1. The molecule has 0 amide bonds. The van der Waals surface area contributed by atoms with Crippen molar-refractivity contribution in [3.8, 4) is 0 Å². The van der Waals surface area contributed by atoms with E-state index in [0.717, 1.165) is 23.5 Å². The molecule has 0 saturated carbocycles. The molecular weight excluding hydrogens is 226 g/mol. The standard InChI is InChI=1S/C14H13N3O/c18-14-11-6-15-7-12(11)16-13(17-14)10-5-8-3-1-2-4-9(8)10/h1-4,10,15H,5-7H2,(H,16,17,18). The molecule has 0 fully saturated rings. The Hall–Kier alpha value is -1.94. The highest BCUT2D eigenvalue weighted by Crippen LogP contribution is 2.38. The van der Waals surface area contributed by atoms with Crippen molar-refractivity contribution in [2.45, 2.75) is 25.4 Å². The molecule has 90 valence electrons. The van der Waals surface area contributed by atoms with Gasteiger partial charge in [-0.05, 0) is 17.5 Å². The number of benzene rings is 1. The lowest BCUT2D eigenvalue weighted by molar-refractivity contribution is 0.649. The van der Waals surface area contributed by atoms with Gasteiger partial charge in [0.25, 0.3) is 5.56 Å². The lowest BCUT2D eigenvalue weighted by atomic mass is 9.77. The van der Waals surface area contributed by atoms with E-state index in [1.54, 1.807) is 0 Å². The van der Waals surface area contributed by atoms with Crippen molar-refractivity contribution in [1.82, 2.24) is 15.3 Å². The van der Waals surface area contributed by atoms with Crippen LogP contribution in [0.2, 0.25) is 0 Å². The minimum Gasteiger partial charge on any atom is -0.310 e. The molecule has 2 heterocycles. The Morgan fingerprint density at radius 3 is 3.00 bits per heavy atom. The van der Waals surface area contributed by atoms with Gasteiger partial charge in [0.2, 0.25) is 0 Å². The molecule has 4 nitrogen and oxygen atoms in total. The molecule has 2 N–H and O–H groups in total. The topological polar surface area (TPSA) is 57.8 Å². The van der Waals surface area contributed by atoms with E-state index in [1.807, 2.05) is 6.07 Å². The van der Waals surface area contributed by atoms with Gasteiger partial charge in [0.15, 0.2) is 0 Å². The molecule has 0 radical (unpaired) electrons. The highest BCUT2D eigenvalue weighted by molar-refractivity contribution is 5.44. The zero-order chi connectivity index (χ0) is 12.1. The van der Waals surface area contributed by atoms with Crippen LogP contribution >= 0.6 is 0 Å². The highest BCUT2D eigenvalue weighted by atomic mass is 16.1. The Morgan fingerprint density at radius 2 is 2.11 bits per heavy atom. The molecule has 1 aliphatic heterocycles. The Labute approximate surface area is 104 Å². The quantitative estimate of drug-likeness (QED) is 0.782. The van der Waals surface area contributed by atoms with E-state index in [-0.39, 0.29) is 11.5 Å². The molecule has 4 rings (SSSR count). The SMILES string of the molecule is O=c1[nH]c(C2Cc3ccccc32)nc2c1CNC2. The molecule has 0 bridgehead atoms. The number of aromatic amines is 1. The van der Waals surface area contributed by atoms with Crippen LogP contribution in [0.25, 0.3) is 0 Å². The van der Waals surface area contributed by atoms with Gasteiger partial charge in [-0.15, -0.1) is 0 Å². The molecule has 18 heavy (non-hydrogen) atoms. The van der Waals surface area contributed by atoms with Crippen molar-refractivity contribution >= 4 is 0 Å². The number of fused-ring (bicyclic) bond motifs is 2. The molecule has 1 unspecified atom stereocenters. The maximum absolute atomic E-state index is 12.0. The second-order valence-corrected chi connectivity index (χ2v) is 4.94. The number of rotatable bonds is 1. The second-order valence-electron chi connectivity index (χ2n) is 4.94. The molecule has 1 aliphatic carbocycles. The zero-order valence-corrected chi connectivity index (χ0v) is 9.86. The highest BCUT2D eigenvalue weighted by Gasteiger charge is 2.30. The molecule has 0 spiro atoms. The molecule has 2 aromatic rings. The van der Waals surface area contributed by atoms with Crippen LogP contribution in [0.4, 0.5) is 0 Å². The van der Waals surface area contributed by atoms with E-state index >= 15 is 0 Å². The summed E-state index contributed by atoms with van der Waals surface area (Å²) in [6, 6.07) is 8.35. The first-order valence-corrected chi connectivity index (χ1v) is 6.23. The van der Waals surface area contributed by atoms with Gasteiger partial charge >= 0.3 is 0 Å².